The molecule has 3 saturated heterocycles. The molecule has 26 heavy (non-hydrogen) atoms. The highest BCUT2D eigenvalue weighted by Gasteiger charge is 2.50. The molecule has 1 aromatic rings. The van der Waals surface area contributed by atoms with E-state index in [2.05, 4.69) is 15.7 Å². The summed E-state index contributed by atoms with van der Waals surface area (Å²) in [4.78, 5) is 27.6. The molecule has 1 aromatic heterocycles. The molecule has 0 aliphatic carbocycles. The van der Waals surface area contributed by atoms with Gasteiger partial charge >= 0.3 is 0 Å². The summed E-state index contributed by atoms with van der Waals surface area (Å²) in [6.07, 6.45) is 3.61. The molecule has 0 unspecified atom stereocenters. The van der Waals surface area contributed by atoms with Gasteiger partial charge in [0, 0.05) is 37.2 Å². The predicted molar refractivity (Wildman–Crippen MR) is 97.5 cm³/mol. The lowest BCUT2D eigenvalue weighted by atomic mass is 9.72. The first-order valence-corrected chi connectivity index (χ1v) is 9.85. The number of hydrogen-bond acceptors (Lipinski definition) is 4. The Balaban J connectivity index is 1.44. The maximum atomic E-state index is 13.0. The highest BCUT2D eigenvalue weighted by molar-refractivity contribution is 5.89. The fourth-order valence-corrected chi connectivity index (χ4v) is 5.14. The average Bonchev–Trinajstić information content (AvgIpc) is 2.94. The molecular weight excluding hydrogens is 330 g/mol. The number of amides is 2. The Morgan fingerprint density at radius 1 is 1.35 bits per heavy atom. The van der Waals surface area contributed by atoms with Crippen molar-refractivity contribution in [2.45, 2.75) is 58.2 Å². The van der Waals surface area contributed by atoms with Gasteiger partial charge in [-0.2, -0.15) is 5.10 Å². The van der Waals surface area contributed by atoms with Crippen molar-refractivity contribution in [3.05, 3.63) is 17.5 Å². The van der Waals surface area contributed by atoms with Crippen LogP contribution in [0.4, 0.5) is 0 Å². The van der Waals surface area contributed by atoms with Gasteiger partial charge in [-0.25, -0.2) is 0 Å². The molecule has 3 aliphatic heterocycles. The van der Waals surface area contributed by atoms with Crippen molar-refractivity contribution in [3.63, 3.8) is 0 Å². The molecular formula is C19H29N5O2. The molecule has 2 bridgehead atoms. The highest BCUT2D eigenvalue weighted by atomic mass is 16.2. The number of rotatable bonds is 4. The monoisotopic (exact) mass is 359 g/mol. The number of fused-ring (bicyclic) bond motifs is 4. The van der Waals surface area contributed by atoms with E-state index < -0.39 is 0 Å². The Kier molecular flexibility index (Phi) is 4.73. The number of aryl methyl sites for hydroxylation is 2. The van der Waals surface area contributed by atoms with E-state index in [-0.39, 0.29) is 29.8 Å². The summed E-state index contributed by atoms with van der Waals surface area (Å²) < 4.78 is 1.92. The second-order valence-electron chi connectivity index (χ2n) is 8.06. The van der Waals surface area contributed by atoms with Crippen molar-refractivity contribution < 1.29 is 9.59 Å². The summed E-state index contributed by atoms with van der Waals surface area (Å²) >= 11 is 0. The van der Waals surface area contributed by atoms with E-state index in [1.54, 1.807) is 0 Å². The van der Waals surface area contributed by atoms with Gasteiger partial charge in [-0.05, 0) is 51.6 Å². The van der Waals surface area contributed by atoms with E-state index in [1.807, 2.05) is 29.5 Å². The summed E-state index contributed by atoms with van der Waals surface area (Å²) in [6.45, 7) is 6.97. The van der Waals surface area contributed by atoms with Gasteiger partial charge in [0.05, 0.1) is 12.2 Å². The molecule has 0 aromatic carbocycles. The Morgan fingerprint density at radius 2 is 2.15 bits per heavy atom. The SMILES string of the molecule is Cc1cc(C)n(CCNC(=O)[C@H]2[C@@H]3CNC[C@@H](C3)[C@@H]3CCCC(=O)N32)n1. The van der Waals surface area contributed by atoms with E-state index in [1.165, 1.54) is 0 Å². The van der Waals surface area contributed by atoms with E-state index in [4.69, 9.17) is 0 Å². The number of piperidine rings is 3. The van der Waals surface area contributed by atoms with Crippen LogP contribution in [0.25, 0.3) is 0 Å². The summed E-state index contributed by atoms with van der Waals surface area (Å²) in [6, 6.07) is 1.94. The van der Waals surface area contributed by atoms with Crippen LogP contribution in [0, 0.1) is 25.7 Å². The summed E-state index contributed by atoms with van der Waals surface area (Å²) in [5.41, 5.74) is 2.09. The largest absolute Gasteiger partial charge is 0.352 e. The quantitative estimate of drug-likeness (QED) is 0.825. The minimum absolute atomic E-state index is 0.000990. The van der Waals surface area contributed by atoms with E-state index >= 15 is 0 Å². The Labute approximate surface area is 154 Å². The molecule has 4 atom stereocenters. The zero-order valence-electron chi connectivity index (χ0n) is 15.7. The first-order valence-electron chi connectivity index (χ1n) is 9.85. The van der Waals surface area contributed by atoms with Crippen molar-refractivity contribution in [1.82, 2.24) is 25.3 Å². The Hall–Kier alpha value is -1.89. The number of nitrogens with one attached hydrogen (secondary N) is 2. The number of carbonyl (C=O) groups excluding carboxylic acids is 2. The molecule has 0 saturated carbocycles. The topological polar surface area (TPSA) is 79.3 Å². The Bertz CT molecular complexity index is 700. The molecule has 3 fully saturated rings. The van der Waals surface area contributed by atoms with Gasteiger partial charge in [-0.3, -0.25) is 14.3 Å². The standard InChI is InChI=1S/C19H29N5O2/c1-12-8-13(2)23(22-12)7-6-21-19(26)18-15-9-14(10-20-11-15)16-4-3-5-17(25)24(16)18/h8,14-16,18,20H,3-7,9-11H2,1-2H3,(H,21,26)/t14-,15+,16+,18-/m1/s1. The van der Waals surface area contributed by atoms with Crippen LogP contribution in [0.15, 0.2) is 6.07 Å². The second kappa shape index (κ2) is 7.02. The zero-order valence-corrected chi connectivity index (χ0v) is 15.7. The first-order chi connectivity index (χ1) is 12.5. The fourth-order valence-electron chi connectivity index (χ4n) is 5.14. The molecule has 3 aliphatic rings. The van der Waals surface area contributed by atoms with Crippen molar-refractivity contribution >= 4 is 11.8 Å². The van der Waals surface area contributed by atoms with Crippen LogP contribution in [-0.2, 0) is 16.1 Å². The second-order valence-corrected chi connectivity index (χ2v) is 8.06. The van der Waals surface area contributed by atoms with Crippen LogP contribution in [0.3, 0.4) is 0 Å². The smallest absolute Gasteiger partial charge is 0.243 e. The molecule has 142 valence electrons. The Morgan fingerprint density at radius 3 is 2.92 bits per heavy atom. The first kappa shape index (κ1) is 17.5. The summed E-state index contributed by atoms with van der Waals surface area (Å²) in [5, 5.41) is 11.0. The van der Waals surface area contributed by atoms with Crippen LogP contribution in [-0.4, -0.2) is 58.2 Å². The molecule has 2 amide bonds. The van der Waals surface area contributed by atoms with E-state index in [9.17, 15) is 9.59 Å². The average molecular weight is 359 g/mol. The van der Waals surface area contributed by atoms with Gasteiger partial charge in [0.1, 0.15) is 6.04 Å². The minimum atomic E-state index is -0.322. The zero-order chi connectivity index (χ0) is 18.3. The number of aromatic nitrogens is 2. The normalized spacial score (nSPS) is 30.8. The molecule has 7 heteroatoms. The number of hydrogen-bond donors (Lipinski definition) is 2. The third-order valence-electron chi connectivity index (χ3n) is 6.24. The molecule has 0 radical (unpaired) electrons. The lowest BCUT2D eigenvalue weighted by Gasteiger charge is -2.53. The van der Waals surface area contributed by atoms with Crippen LogP contribution < -0.4 is 10.6 Å². The number of nitrogens with zero attached hydrogens (tertiary/aromatic N) is 3. The third kappa shape index (κ3) is 3.13. The van der Waals surface area contributed by atoms with Gasteiger partial charge in [0.2, 0.25) is 11.8 Å². The van der Waals surface area contributed by atoms with Crippen LogP contribution in [0.5, 0.6) is 0 Å². The van der Waals surface area contributed by atoms with Gasteiger partial charge in [0.15, 0.2) is 0 Å². The maximum Gasteiger partial charge on any atom is 0.243 e. The minimum Gasteiger partial charge on any atom is -0.352 e. The van der Waals surface area contributed by atoms with Crippen molar-refractivity contribution in [2.24, 2.45) is 11.8 Å². The highest BCUT2D eigenvalue weighted by Crippen LogP contribution is 2.39. The van der Waals surface area contributed by atoms with Crippen LogP contribution >= 0.6 is 0 Å². The van der Waals surface area contributed by atoms with Gasteiger partial charge in [-0.1, -0.05) is 0 Å². The van der Waals surface area contributed by atoms with E-state index in [0.29, 0.717) is 25.4 Å². The number of carbonyl (C=O) groups is 2. The van der Waals surface area contributed by atoms with Crippen molar-refractivity contribution in [2.75, 3.05) is 19.6 Å². The van der Waals surface area contributed by atoms with Gasteiger partial charge < -0.3 is 15.5 Å². The molecule has 2 N–H and O–H groups in total. The molecule has 7 nitrogen and oxygen atoms in total. The van der Waals surface area contributed by atoms with Crippen LogP contribution in [0.2, 0.25) is 0 Å². The summed E-state index contributed by atoms with van der Waals surface area (Å²) in [7, 11) is 0. The third-order valence-corrected chi connectivity index (χ3v) is 6.24. The fraction of sp³-hybridized carbons (Fsp3) is 0.737. The molecule has 4 heterocycles. The maximum absolute atomic E-state index is 13.0. The van der Waals surface area contributed by atoms with Crippen molar-refractivity contribution in [3.8, 4) is 0 Å². The van der Waals surface area contributed by atoms with E-state index in [0.717, 1.165) is 43.7 Å². The molecule has 4 rings (SSSR count). The lowest BCUT2D eigenvalue weighted by Crippen LogP contribution is -2.68. The lowest BCUT2D eigenvalue weighted by molar-refractivity contribution is -0.157. The van der Waals surface area contributed by atoms with Gasteiger partial charge in [0.25, 0.3) is 0 Å². The van der Waals surface area contributed by atoms with Gasteiger partial charge in [-0.15, -0.1) is 0 Å². The molecule has 0 spiro atoms. The predicted octanol–water partition coefficient (Wildman–Crippen LogP) is 0.605. The van der Waals surface area contributed by atoms with Crippen LogP contribution in [0.1, 0.15) is 37.1 Å². The summed E-state index contributed by atoms with van der Waals surface area (Å²) in [5.74, 6) is 0.882. The van der Waals surface area contributed by atoms with Crippen molar-refractivity contribution in [1.29, 1.82) is 0 Å².